The molecule has 0 radical (unpaired) electrons. The van der Waals surface area contributed by atoms with Crippen molar-refractivity contribution in [2.75, 3.05) is 18.1 Å². The van der Waals surface area contributed by atoms with Crippen molar-refractivity contribution >= 4 is 29.1 Å². The maximum atomic E-state index is 5.95. The Morgan fingerprint density at radius 1 is 1.11 bits per heavy atom. The lowest BCUT2D eigenvalue weighted by Gasteiger charge is -2.06. The Morgan fingerprint density at radius 2 is 1.89 bits per heavy atom. The van der Waals surface area contributed by atoms with Gasteiger partial charge in [-0.3, -0.25) is 0 Å². The number of hydrogen-bond donors (Lipinski definition) is 1. The Morgan fingerprint density at radius 3 is 2.61 bits per heavy atom. The fraction of sp³-hybridized carbons (Fsp3) is 0.143. The summed E-state index contributed by atoms with van der Waals surface area (Å²) in [5.74, 6) is 1.77. The average molecular weight is 280 g/mol. The molecule has 4 heteroatoms. The van der Waals surface area contributed by atoms with Crippen molar-refractivity contribution in [3.05, 3.63) is 53.6 Å². The van der Waals surface area contributed by atoms with E-state index in [1.54, 1.807) is 11.8 Å². The molecule has 18 heavy (non-hydrogen) atoms. The van der Waals surface area contributed by atoms with Crippen LogP contribution in [0, 0.1) is 0 Å². The summed E-state index contributed by atoms with van der Waals surface area (Å²) >= 11 is 7.65. The van der Waals surface area contributed by atoms with Crippen LogP contribution in [0.1, 0.15) is 0 Å². The minimum Gasteiger partial charge on any atom is -0.493 e. The molecule has 0 saturated heterocycles. The quantitative estimate of drug-likeness (QED) is 0.509. The van der Waals surface area contributed by atoms with E-state index in [0.29, 0.717) is 17.3 Å². The van der Waals surface area contributed by atoms with Gasteiger partial charge in [-0.15, -0.1) is 11.8 Å². The highest BCUT2D eigenvalue weighted by molar-refractivity contribution is 7.99. The van der Waals surface area contributed by atoms with Crippen molar-refractivity contribution in [3.63, 3.8) is 0 Å². The summed E-state index contributed by atoms with van der Waals surface area (Å²) in [4.78, 5) is 1.10. The maximum Gasteiger partial charge on any atom is 0.119 e. The van der Waals surface area contributed by atoms with Crippen LogP contribution in [0.3, 0.4) is 0 Å². The number of thioether (sulfide) groups is 1. The van der Waals surface area contributed by atoms with Crippen LogP contribution >= 0.6 is 23.4 Å². The number of anilines is 1. The molecule has 0 unspecified atom stereocenters. The second kappa shape index (κ2) is 6.57. The van der Waals surface area contributed by atoms with Gasteiger partial charge in [0.05, 0.1) is 17.3 Å². The SMILES string of the molecule is Nc1ccc(SCCOc2ccccc2)cc1Cl. The van der Waals surface area contributed by atoms with E-state index in [-0.39, 0.29) is 0 Å². The van der Waals surface area contributed by atoms with Crippen molar-refractivity contribution < 1.29 is 4.74 Å². The number of ether oxygens (including phenoxy) is 1. The molecule has 2 nitrogen and oxygen atoms in total. The van der Waals surface area contributed by atoms with Crippen molar-refractivity contribution in [1.29, 1.82) is 0 Å². The molecule has 2 aromatic carbocycles. The first-order valence-corrected chi connectivity index (χ1v) is 6.98. The predicted octanol–water partition coefficient (Wildman–Crippen LogP) is 4.09. The van der Waals surface area contributed by atoms with Crippen LogP contribution < -0.4 is 10.5 Å². The molecule has 2 rings (SSSR count). The highest BCUT2D eigenvalue weighted by Crippen LogP contribution is 2.26. The van der Waals surface area contributed by atoms with Gasteiger partial charge in [-0.2, -0.15) is 0 Å². The number of benzene rings is 2. The highest BCUT2D eigenvalue weighted by Gasteiger charge is 1.99. The molecule has 94 valence electrons. The van der Waals surface area contributed by atoms with Gasteiger partial charge in [0, 0.05) is 10.6 Å². The van der Waals surface area contributed by atoms with Gasteiger partial charge in [-0.25, -0.2) is 0 Å². The number of para-hydroxylation sites is 1. The minimum absolute atomic E-state index is 0.601. The zero-order valence-electron chi connectivity index (χ0n) is 9.80. The second-order valence-electron chi connectivity index (χ2n) is 3.69. The highest BCUT2D eigenvalue weighted by atomic mass is 35.5. The predicted molar refractivity (Wildman–Crippen MR) is 78.5 cm³/mol. The molecule has 2 N–H and O–H groups in total. The Labute approximate surface area is 116 Å². The molecule has 0 spiro atoms. The lowest BCUT2D eigenvalue weighted by Crippen LogP contribution is -1.99. The van der Waals surface area contributed by atoms with Crippen LogP contribution in [0.5, 0.6) is 5.75 Å². The summed E-state index contributed by atoms with van der Waals surface area (Å²) in [6.45, 7) is 0.663. The molecule has 0 aliphatic heterocycles. The van der Waals surface area contributed by atoms with Crippen LogP contribution in [0.2, 0.25) is 5.02 Å². The number of rotatable bonds is 5. The van der Waals surface area contributed by atoms with Gasteiger partial charge < -0.3 is 10.5 Å². The van der Waals surface area contributed by atoms with Gasteiger partial charge in [0.2, 0.25) is 0 Å². The standard InChI is InChI=1S/C14H14ClNOS/c15-13-10-12(6-7-14(13)16)18-9-8-17-11-4-2-1-3-5-11/h1-7,10H,8-9,16H2. The molecule has 0 aromatic heterocycles. The third-order valence-electron chi connectivity index (χ3n) is 2.34. The van der Waals surface area contributed by atoms with Crippen molar-refractivity contribution in [1.82, 2.24) is 0 Å². The van der Waals surface area contributed by atoms with Crippen LogP contribution in [0.25, 0.3) is 0 Å². The van der Waals surface area contributed by atoms with Gasteiger partial charge >= 0.3 is 0 Å². The van der Waals surface area contributed by atoms with Crippen LogP contribution in [-0.2, 0) is 0 Å². The van der Waals surface area contributed by atoms with E-state index in [1.807, 2.05) is 48.5 Å². The second-order valence-corrected chi connectivity index (χ2v) is 5.27. The fourth-order valence-electron chi connectivity index (χ4n) is 1.43. The number of halogens is 1. The minimum atomic E-state index is 0.601. The summed E-state index contributed by atoms with van der Waals surface area (Å²) < 4.78 is 5.60. The van der Waals surface area contributed by atoms with E-state index in [0.717, 1.165) is 16.4 Å². The van der Waals surface area contributed by atoms with E-state index in [2.05, 4.69) is 0 Å². The molecule has 0 atom stereocenters. The van der Waals surface area contributed by atoms with E-state index < -0.39 is 0 Å². The van der Waals surface area contributed by atoms with E-state index >= 15 is 0 Å². The Kier molecular flexibility index (Phi) is 4.79. The largest absolute Gasteiger partial charge is 0.493 e. The molecule has 0 aliphatic rings. The summed E-state index contributed by atoms with van der Waals surface area (Å²) in [7, 11) is 0. The van der Waals surface area contributed by atoms with Gasteiger partial charge in [0.1, 0.15) is 5.75 Å². The Balaban J connectivity index is 1.77. The molecule has 2 aromatic rings. The first-order valence-electron chi connectivity index (χ1n) is 5.61. The molecule has 0 heterocycles. The topological polar surface area (TPSA) is 35.2 Å². The van der Waals surface area contributed by atoms with Gasteiger partial charge in [-0.1, -0.05) is 29.8 Å². The zero-order valence-corrected chi connectivity index (χ0v) is 11.4. The van der Waals surface area contributed by atoms with Gasteiger partial charge in [0.25, 0.3) is 0 Å². The van der Waals surface area contributed by atoms with Crippen molar-refractivity contribution in [2.45, 2.75) is 4.90 Å². The van der Waals surface area contributed by atoms with Crippen LogP contribution in [0.4, 0.5) is 5.69 Å². The maximum absolute atomic E-state index is 5.95. The van der Waals surface area contributed by atoms with E-state index in [1.165, 1.54) is 0 Å². The summed E-state index contributed by atoms with van der Waals surface area (Å²) in [6.07, 6.45) is 0. The normalized spacial score (nSPS) is 10.3. The molecule has 0 saturated carbocycles. The summed E-state index contributed by atoms with van der Waals surface area (Å²) in [5.41, 5.74) is 6.27. The summed E-state index contributed by atoms with van der Waals surface area (Å²) in [5, 5.41) is 0.601. The Bertz CT molecular complexity index is 504. The zero-order chi connectivity index (χ0) is 12.8. The Hall–Kier alpha value is -1.32. The van der Waals surface area contributed by atoms with Crippen molar-refractivity contribution in [2.24, 2.45) is 0 Å². The lowest BCUT2D eigenvalue weighted by molar-refractivity contribution is 0.344. The molecule has 0 amide bonds. The van der Waals surface area contributed by atoms with Crippen LogP contribution in [0.15, 0.2) is 53.4 Å². The first-order chi connectivity index (χ1) is 8.75. The number of hydrogen-bond acceptors (Lipinski definition) is 3. The van der Waals surface area contributed by atoms with Gasteiger partial charge in [-0.05, 0) is 30.3 Å². The first kappa shape index (κ1) is 13.1. The lowest BCUT2D eigenvalue weighted by atomic mass is 10.3. The molecule has 0 fully saturated rings. The third kappa shape index (κ3) is 3.86. The number of nitrogen functional groups attached to an aromatic ring is 1. The van der Waals surface area contributed by atoms with E-state index in [9.17, 15) is 0 Å². The summed E-state index contributed by atoms with van der Waals surface area (Å²) in [6, 6.07) is 15.5. The van der Waals surface area contributed by atoms with Crippen molar-refractivity contribution in [3.8, 4) is 5.75 Å². The smallest absolute Gasteiger partial charge is 0.119 e. The molecule has 0 bridgehead atoms. The fourth-order valence-corrected chi connectivity index (χ4v) is 2.45. The van der Waals surface area contributed by atoms with E-state index in [4.69, 9.17) is 22.1 Å². The third-order valence-corrected chi connectivity index (χ3v) is 3.62. The molecular weight excluding hydrogens is 266 g/mol. The monoisotopic (exact) mass is 279 g/mol. The average Bonchev–Trinajstić information content (AvgIpc) is 2.40. The van der Waals surface area contributed by atoms with Crippen LogP contribution in [-0.4, -0.2) is 12.4 Å². The molecular formula is C14H14ClNOS. The van der Waals surface area contributed by atoms with Gasteiger partial charge in [0.15, 0.2) is 0 Å². The molecule has 0 aliphatic carbocycles. The number of nitrogens with two attached hydrogens (primary N) is 1.